The van der Waals surface area contributed by atoms with E-state index in [4.69, 9.17) is 11.1 Å². The molecule has 4 rings (SSSR count). The van der Waals surface area contributed by atoms with Gasteiger partial charge in [0.2, 0.25) is 0 Å². The molecule has 0 bridgehead atoms. The standard InChI is InChI=1S/C31H45N5O/c1-31(2,3)18-22-8-7-9-26(12-10-22)35-30(37)29(33)27-17-24(11-13-28(27)32)25-16-23(19-34-20-25)21-36-14-5-4-6-15-36/h11,13,16-17,19-20,22,26,33H,4-10,12,14-15,18,21,32H2,1-3H3,(H,35,37). The molecule has 2 aromatic rings. The number of hydrogen-bond donors (Lipinski definition) is 3. The van der Waals surface area contributed by atoms with Crippen molar-refractivity contribution in [3.05, 3.63) is 47.8 Å². The Morgan fingerprint density at radius 1 is 1.03 bits per heavy atom. The normalized spacial score (nSPS) is 21.3. The molecule has 1 saturated heterocycles. The van der Waals surface area contributed by atoms with Crippen molar-refractivity contribution < 1.29 is 4.79 Å². The quantitative estimate of drug-likeness (QED) is 0.239. The number of pyridine rings is 1. The van der Waals surface area contributed by atoms with Crippen LogP contribution in [0.15, 0.2) is 36.7 Å². The van der Waals surface area contributed by atoms with E-state index >= 15 is 0 Å². The second-order valence-electron chi connectivity index (χ2n) is 12.4. The van der Waals surface area contributed by atoms with Crippen molar-refractivity contribution in [3.63, 3.8) is 0 Å². The molecule has 2 fully saturated rings. The molecule has 1 aromatic carbocycles. The molecule has 37 heavy (non-hydrogen) atoms. The van der Waals surface area contributed by atoms with Crippen LogP contribution in [0.25, 0.3) is 11.1 Å². The number of benzene rings is 1. The summed E-state index contributed by atoms with van der Waals surface area (Å²) in [5.41, 5.74) is 10.5. The first-order valence-electron chi connectivity index (χ1n) is 14.1. The number of hydrogen-bond acceptors (Lipinski definition) is 5. The number of anilines is 1. The Hall–Kier alpha value is -2.73. The number of carbonyl (C=O) groups is 1. The van der Waals surface area contributed by atoms with Crippen molar-refractivity contribution in [3.8, 4) is 11.1 Å². The van der Waals surface area contributed by atoms with Crippen LogP contribution in [0, 0.1) is 16.7 Å². The third-order valence-electron chi connectivity index (χ3n) is 7.86. The van der Waals surface area contributed by atoms with Crippen LogP contribution >= 0.6 is 0 Å². The van der Waals surface area contributed by atoms with Gasteiger partial charge in [0.25, 0.3) is 5.91 Å². The molecule has 1 saturated carbocycles. The van der Waals surface area contributed by atoms with Gasteiger partial charge in [-0.2, -0.15) is 0 Å². The second kappa shape index (κ2) is 12.2. The lowest BCUT2D eigenvalue weighted by Gasteiger charge is -2.26. The first-order valence-corrected chi connectivity index (χ1v) is 14.1. The number of rotatable bonds is 7. The fourth-order valence-electron chi connectivity index (χ4n) is 6.03. The maximum absolute atomic E-state index is 13.1. The highest BCUT2D eigenvalue weighted by Gasteiger charge is 2.25. The van der Waals surface area contributed by atoms with Crippen LogP contribution in [0.4, 0.5) is 5.69 Å². The smallest absolute Gasteiger partial charge is 0.270 e. The minimum atomic E-state index is -0.333. The highest BCUT2D eigenvalue weighted by atomic mass is 16.1. The molecule has 1 aliphatic heterocycles. The highest BCUT2D eigenvalue weighted by Crippen LogP contribution is 2.33. The lowest BCUT2D eigenvalue weighted by molar-refractivity contribution is -0.115. The number of nitrogens with two attached hydrogens (primary N) is 1. The first-order chi connectivity index (χ1) is 17.7. The van der Waals surface area contributed by atoms with E-state index in [1.54, 1.807) is 6.07 Å². The van der Waals surface area contributed by atoms with Crippen molar-refractivity contribution >= 4 is 17.3 Å². The Morgan fingerprint density at radius 3 is 2.57 bits per heavy atom. The SMILES string of the molecule is CC(C)(C)CC1CCCC(NC(=O)C(=N)c2cc(-c3cncc(CN4CCCCC4)c3)ccc2N)CC1. The summed E-state index contributed by atoms with van der Waals surface area (Å²) >= 11 is 0. The first kappa shape index (κ1) is 27.3. The summed E-state index contributed by atoms with van der Waals surface area (Å²) < 4.78 is 0. The number of likely N-dealkylation sites (tertiary alicyclic amines) is 1. The number of amides is 1. The summed E-state index contributed by atoms with van der Waals surface area (Å²) in [6.45, 7) is 10.1. The Bertz CT molecular complexity index is 1080. The van der Waals surface area contributed by atoms with Gasteiger partial charge in [0.15, 0.2) is 0 Å². The predicted octanol–water partition coefficient (Wildman–Crippen LogP) is 6.19. The molecule has 2 unspecified atom stereocenters. The maximum Gasteiger partial charge on any atom is 0.270 e. The van der Waals surface area contributed by atoms with Gasteiger partial charge in [-0.15, -0.1) is 0 Å². The lowest BCUT2D eigenvalue weighted by atomic mass is 9.81. The topological polar surface area (TPSA) is 95.1 Å². The molecular formula is C31H45N5O. The summed E-state index contributed by atoms with van der Waals surface area (Å²) in [5.74, 6) is 0.382. The average molecular weight is 504 g/mol. The Labute approximate surface area is 222 Å². The molecule has 2 heterocycles. The average Bonchev–Trinajstić information content (AvgIpc) is 3.08. The van der Waals surface area contributed by atoms with E-state index in [1.165, 1.54) is 37.7 Å². The van der Waals surface area contributed by atoms with Crippen molar-refractivity contribution in [2.24, 2.45) is 11.3 Å². The van der Waals surface area contributed by atoms with Gasteiger partial charge in [0.1, 0.15) is 5.71 Å². The number of piperidine rings is 1. The van der Waals surface area contributed by atoms with E-state index in [0.717, 1.165) is 56.4 Å². The summed E-state index contributed by atoms with van der Waals surface area (Å²) in [6.07, 6.45) is 14.3. The minimum absolute atomic E-state index is 0.0627. The number of nitrogens with one attached hydrogen (secondary N) is 2. The van der Waals surface area contributed by atoms with Gasteiger partial charge >= 0.3 is 0 Å². The molecule has 0 radical (unpaired) electrons. The van der Waals surface area contributed by atoms with Crippen LogP contribution < -0.4 is 11.1 Å². The van der Waals surface area contributed by atoms with Crippen molar-refractivity contribution in [1.82, 2.24) is 15.2 Å². The van der Waals surface area contributed by atoms with E-state index < -0.39 is 0 Å². The molecule has 1 amide bonds. The van der Waals surface area contributed by atoms with Crippen molar-refractivity contribution in [1.29, 1.82) is 5.41 Å². The van der Waals surface area contributed by atoms with Crippen LogP contribution in [0.2, 0.25) is 0 Å². The van der Waals surface area contributed by atoms with Crippen LogP contribution in [0.3, 0.4) is 0 Å². The van der Waals surface area contributed by atoms with Crippen molar-refractivity contribution in [2.45, 2.75) is 91.1 Å². The van der Waals surface area contributed by atoms with Gasteiger partial charge in [-0.05, 0) is 92.3 Å². The van der Waals surface area contributed by atoms with E-state index in [-0.39, 0.29) is 17.7 Å². The number of nitrogen functional groups attached to an aromatic ring is 1. The zero-order chi connectivity index (χ0) is 26.4. The molecule has 6 heteroatoms. The van der Waals surface area contributed by atoms with Crippen molar-refractivity contribution in [2.75, 3.05) is 18.8 Å². The van der Waals surface area contributed by atoms with Gasteiger partial charge in [0.05, 0.1) is 0 Å². The third-order valence-corrected chi connectivity index (χ3v) is 7.86. The summed E-state index contributed by atoms with van der Waals surface area (Å²) in [7, 11) is 0. The molecule has 2 aliphatic rings. The van der Waals surface area contributed by atoms with Gasteiger partial charge in [0, 0.05) is 41.8 Å². The van der Waals surface area contributed by atoms with Crippen LogP contribution in [-0.4, -0.2) is 40.6 Å². The molecule has 0 spiro atoms. The van der Waals surface area contributed by atoms with Crippen LogP contribution in [0.5, 0.6) is 0 Å². The Morgan fingerprint density at radius 2 is 1.81 bits per heavy atom. The zero-order valence-electron chi connectivity index (χ0n) is 23.0. The summed E-state index contributed by atoms with van der Waals surface area (Å²) in [4.78, 5) is 20.1. The van der Waals surface area contributed by atoms with Crippen LogP contribution in [-0.2, 0) is 11.3 Å². The molecule has 200 valence electrons. The predicted molar refractivity (Wildman–Crippen MR) is 153 cm³/mol. The zero-order valence-corrected chi connectivity index (χ0v) is 23.0. The number of carbonyl (C=O) groups excluding carboxylic acids is 1. The molecule has 1 aliphatic carbocycles. The Kier molecular flexibility index (Phi) is 9.01. The number of nitrogens with zero attached hydrogens (tertiary/aromatic N) is 2. The molecular weight excluding hydrogens is 458 g/mol. The summed E-state index contributed by atoms with van der Waals surface area (Å²) in [5, 5.41) is 11.8. The molecule has 1 aromatic heterocycles. The lowest BCUT2D eigenvalue weighted by Crippen LogP contribution is -2.39. The number of aromatic nitrogens is 1. The molecule has 4 N–H and O–H groups in total. The van der Waals surface area contributed by atoms with Gasteiger partial charge in [-0.25, -0.2) is 0 Å². The van der Waals surface area contributed by atoms with Gasteiger partial charge in [-0.1, -0.05) is 46.1 Å². The van der Waals surface area contributed by atoms with Crippen LogP contribution in [0.1, 0.15) is 89.7 Å². The molecule has 2 atom stereocenters. The fourth-order valence-corrected chi connectivity index (χ4v) is 6.03. The minimum Gasteiger partial charge on any atom is -0.398 e. The molecule has 6 nitrogen and oxygen atoms in total. The van der Waals surface area contributed by atoms with Gasteiger partial charge in [-0.3, -0.25) is 20.1 Å². The third kappa shape index (κ3) is 7.88. The van der Waals surface area contributed by atoms with E-state index in [0.29, 0.717) is 22.6 Å². The monoisotopic (exact) mass is 503 g/mol. The van der Waals surface area contributed by atoms with Gasteiger partial charge < -0.3 is 11.1 Å². The van der Waals surface area contributed by atoms with E-state index in [9.17, 15) is 4.79 Å². The second-order valence-corrected chi connectivity index (χ2v) is 12.4. The fraction of sp³-hybridized carbons (Fsp3) is 0.581. The summed E-state index contributed by atoms with van der Waals surface area (Å²) in [6, 6.07) is 7.91. The Balaban J connectivity index is 1.41. The van der Waals surface area contributed by atoms with E-state index in [2.05, 4.69) is 42.0 Å². The van der Waals surface area contributed by atoms with E-state index in [1.807, 2.05) is 24.5 Å². The maximum atomic E-state index is 13.1. The largest absolute Gasteiger partial charge is 0.398 e. The highest BCUT2D eigenvalue weighted by molar-refractivity contribution is 6.45.